The summed E-state index contributed by atoms with van der Waals surface area (Å²) in [5, 5.41) is 0.998. The second kappa shape index (κ2) is 7.71. The van der Waals surface area contributed by atoms with E-state index in [-0.39, 0.29) is 34.4 Å². The quantitative estimate of drug-likeness (QED) is 0.580. The number of aryl methyl sites for hydroxylation is 2. The van der Waals surface area contributed by atoms with Crippen molar-refractivity contribution in [3.63, 3.8) is 0 Å². The van der Waals surface area contributed by atoms with Gasteiger partial charge in [-0.1, -0.05) is 29.8 Å². The lowest BCUT2D eigenvalue weighted by atomic mass is 10.1. The van der Waals surface area contributed by atoms with Crippen LogP contribution >= 0.6 is 11.6 Å². The largest absolute Gasteiger partial charge is 0.451 e. The van der Waals surface area contributed by atoms with E-state index in [1.54, 1.807) is 13.0 Å². The summed E-state index contributed by atoms with van der Waals surface area (Å²) in [7, 11) is -3.26. The van der Waals surface area contributed by atoms with E-state index in [1.165, 1.54) is 17.0 Å². The number of furan rings is 1. The van der Waals surface area contributed by atoms with Crippen molar-refractivity contribution in [1.82, 2.24) is 4.90 Å². The van der Waals surface area contributed by atoms with Crippen LogP contribution in [0.3, 0.4) is 0 Å². The van der Waals surface area contributed by atoms with Gasteiger partial charge in [-0.15, -0.1) is 0 Å². The molecule has 0 N–H and O–H groups in total. The molecule has 0 spiro atoms. The fourth-order valence-electron chi connectivity index (χ4n) is 3.91. The highest BCUT2D eigenvalue weighted by Gasteiger charge is 2.37. The smallest absolute Gasteiger partial charge is 0.290 e. The molecule has 3 aromatic rings. The number of halogens is 2. The summed E-state index contributed by atoms with van der Waals surface area (Å²) in [6, 6.07) is 9.38. The van der Waals surface area contributed by atoms with Crippen LogP contribution < -0.4 is 0 Å². The molecule has 30 heavy (non-hydrogen) atoms. The van der Waals surface area contributed by atoms with Gasteiger partial charge in [-0.2, -0.15) is 0 Å². The molecule has 1 atom stereocenters. The van der Waals surface area contributed by atoms with Crippen LogP contribution in [0.2, 0.25) is 5.02 Å². The molecule has 0 aliphatic carbocycles. The predicted molar refractivity (Wildman–Crippen MR) is 114 cm³/mol. The molecule has 8 heteroatoms. The minimum Gasteiger partial charge on any atom is -0.451 e. The van der Waals surface area contributed by atoms with Gasteiger partial charge in [-0.05, 0) is 44.0 Å². The van der Waals surface area contributed by atoms with Gasteiger partial charge < -0.3 is 9.32 Å². The molecule has 0 unspecified atom stereocenters. The van der Waals surface area contributed by atoms with E-state index in [9.17, 15) is 17.6 Å². The standard InChI is InChI=1S/C22H21ClFNO4S/c1-13-6-7-16-14(2)21(29-20(16)10-13)22(26)25(15-8-9-30(27,28)12-15)11-17-18(23)4-3-5-19(17)24/h3-7,10,15H,8-9,11-12H2,1-2H3/t15-/m1/s1. The van der Waals surface area contributed by atoms with Crippen molar-refractivity contribution in [2.24, 2.45) is 0 Å². The first-order valence-electron chi connectivity index (χ1n) is 9.60. The summed E-state index contributed by atoms with van der Waals surface area (Å²) in [6.45, 7) is 3.57. The average Bonchev–Trinajstić information content (AvgIpc) is 3.20. The Hall–Kier alpha value is -2.38. The SMILES string of the molecule is Cc1ccc2c(C)c(C(=O)N(Cc3c(F)cccc3Cl)[C@@H]3CCS(=O)(=O)C3)oc2c1. The zero-order chi connectivity index (χ0) is 21.6. The first-order chi connectivity index (χ1) is 14.2. The Morgan fingerprint density at radius 1 is 1.27 bits per heavy atom. The molecule has 1 aromatic heterocycles. The van der Waals surface area contributed by atoms with Gasteiger partial charge in [-0.3, -0.25) is 4.79 Å². The molecular weight excluding hydrogens is 429 g/mol. The van der Waals surface area contributed by atoms with Crippen molar-refractivity contribution in [2.45, 2.75) is 32.9 Å². The predicted octanol–water partition coefficient (Wildman–Crippen LogP) is 4.67. The number of amides is 1. The highest BCUT2D eigenvalue weighted by atomic mass is 35.5. The van der Waals surface area contributed by atoms with E-state index in [0.29, 0.717) is 17.6 Å². The average molecular weight is 450 g/mol. The summed E-state index contributed by atoms with van der Waals surface area (Å²) in [6.07, 6.45) is 0.290. The summed E-state index contributed by atoms with van der Waals surface area (Å²) < 4.78 is 44.5. The maximum absolute atomic E-state index is 14.4. The molecule has 1 fully saturated rings. The van der Waals surface area contributed by atoms with Gasteiger partial charge in [0.2, 0.25) is 0 Å². The molecule has 1 aliphatic heterocycles. The van der Waals surface area contributed by atoms with E-state index >= 15 is 0 Å². The fraction of sp³-hybridized carbons (Fsp3) is 0.318. The Bertz CT molecular complexity index is 1230. The topological polar surface area (TPSA) is 67.6 Å². The summed E-state index contributed by atoms with van der Waals surface area (Å²) in [5.41, 5.74) is 2.40. The van der Waals surface area contributed by atoms with E-state index in [2.05, 4.69) is 0 Å². The summed E-state index contributed by atoms with van der Waals surface area (Å²) in [4.78, 5) is 14.9. The normalized spacial score (nSPS) is 18.1. The minimum atomic E-state index is -3.26. The number of benzene rings is 2. The van der Waals surface area contributed by atoms with Crippen LogP contribution in [-0.2, 0) is 16.4 Å². The van der Waals surface area contributed by atoms with Gasteiger partial charge in [0.15, 0.2) is 15.6 Å². The zero-order valence-electron chi connectivity index (χ0n) is 16.6. The van der Waals surface area contributed by atoms with E-state index in [1.807, 2.05) is 25.1 Å². The molecule has 0 bridgehead atoms. The molecule has 0 saturated carbocycles. The molecule has 1 saturated heterocycles. The van der Waals surface area contributed by atoms with Crippen LogP contribution in [0.25, 0.3) is 11.0 Å². The van der Waals surface area contributed by atoms with E-state index < -0.39 is 27.6 Å². The number of nitrogens with zero attached hydrogens (tertiary/aromatic N) is 1. The molecule has 2 heterocycles. The number of hydrogen-bond donors (Lipinski definition) is 0. The Morgan fingerprint density at radius 2 is 2.03 bits per heavy atom. The monoisotopic (exact) mass is 449 g/mol. The lowest BCUT2D eigenvalue weighted by Gasteiger charge is -2.28. The Balaban J connectivity index is 1.77. The molecule has 4 rings (SSSR count). The lowest BCUT2D eigenvalue weighted by molar-refractivity contribution is 0.0647. The van der Waals surface area contributed by atoms with Crippen LogP contribution in [0.5, 0.6) is 0 Å². The van der Waals surface area contributed by atoms with Crippen LogP contribution in [-0.4, -0.2) is 36.8 Å². The van der Waals surface area contributed by atoms with Gasteiger partial charge >= 0.3 is 0 Å². The van der Waals surface area contributed by atoms with Gasteiger partial charge in [0.25, 0.3) is 5.91 Å². The fourth-order valence-corrected chi connectivity index (χ4v) is 5.86. The maximum Gasteiger partial charge on any atom is 0.290 e. The van der Waals surface area contributed by atoms with Crippen LogP contribution in [0.1, 0.15) is 33.7 Å². The highest BCUT2D eigenvalue weighted by Crippen LogP contribution is 2.31. The second-order valence-corrected chi connectivity index (χ2v) is 10.4. The third kappa shape index (κ3) is 3.84. The van der Waals surface area contributed by atoms with Crippen molar-refractivity contribution in [2.75, 3.05) is 11.5 Å². The molecule has 158 valence electrons. The first-order valence-corrected chi connectivity index (χ1v) is 11.8. The molecule has 2 aromatic carbocycles. The first kappa shape index (κ1) is 20.9. The van der Waals surface area contributed by atoms with Crippen molar-refractivity contribution in [1.29, 1.82) is 0 Å². The number of fused-ring (bicyclic) bond motifs is 1. The second-order valence-electron chi connectivity index (χ2n) is 7.75. The molecular formula is C22H21ClFNO4S. The number of sulfone groups is 1. The number of carbonyl (C=O) groups excluding carboxylic acids is 1. The lowest BCUT2D eigenvalue weighted by Crippen LogP contribution is -2.41. The Labute approximate surface area is 179 Å². The molecule has 5 nitrogen and oxygen atoms in total. The van der Waals surface area contributed by atoms with E-state index in [0.717, 1.165) is 10.9 Å². The van der Waals surface area contributed by atoms with Crippen LogP contribution in [0, 0.1) is 19.7 Å². The minimum absolute atomic E-state index is 0.00917. The van der Waals surface area contributed by atoms with Crippen molar-refractivity contribution in [3.8, 4) is 0 Å². The van der Waals surface area contributed by atoms with Gasteiger partial charge in [-0.25, -0.2) is 12.8 Å². The van der Waals surface area contributed by atoms with Gasteiger partial charge in [0, 0.05) is 27.6 Å². The number of rotatable bonds is 4. The van der Waals surface area contributed by atoms with Crippen molar-refractivity contribution < 1.29 is 22.0 Å². The van der Waals surface area contributed by atoms with Crippen molar-refractivity contribution >= 4 is 38.3 Å². The van der Waals surface area contributed by atoms with E-state index in [4.69, 9.17) is 16.0 Å². The van der Waals surface area contributed by atoms with Crippen LogP contribution in [0.4, 0.5) is 4.39 Å². The molecule has 1 amide bonds. The Kier molecular flexibility index (Phi) is 5.36. The van der Waals surface area contributed by atoms with Gasteiger partial charge in [0.1, 0.15) is 11.4 Å². The molecule has 0 radical (unpaired) electrons. The highest BCUT2D eigenvalue weighted by molar-refractivity contribution is 7.91. The molecule has 1 aliphatic rings. The van der Waals surface area contributed by atoms with Crippen molar-refractivity contribution in [3.05, 3.63) is 69.7 Å². The zero-order valence-corrected chi connectivity index (χ0v) is 18.2. The van der Waals surface area contributed by atoms with Gasteiger partial charge in [0.05, 0.1) is 18.1 Å². The summed E-state index contributed by atoms with van der Waals surface area (Å²) >= 11 is 6.18. The number of hydrogen-bond acceptors (Lipinski definition) is 4. The maximum atomic E-state index is 14.4. The number of carbonyl (C=O) groups is 1. The Morgan fingerprint density at radius 3 is 2.70 bits per heavy atom. The third-order valence-electron chi connectivity index (χ3n) is 5.59. The summed E-state index contributed by atoms with van der Waals surface area (Å²) in [5.74, 6) is -1.05. The third-order valence-corrected chi connectivity index (χ3v) is 7.69. The van der Waals surface area contributed by atoms with Crippen LogP contribution in [0.15, 0.2) is 40.8 Å².